The van der Waals surface area contributed by atoms with Crippen molar-refractivity contribution in [3.05, 3.63) is 0 Å². The number of nitrogens with zero attached hydrogens (tertiary/aromatic N) is 2. The molecule has 0 aromatic heterocycles. The van der Waals surface area contributed by atoms with Crippen LogP contribution >= 0.6 is 0 Å². The maximum absolute atomic E-state index is 12.1. The number of carbonyl (C=O) groups is 2. The second-order valence-corrected chi connectivity index (χ2v) is 5.32. The fourth-order valence-corrected chi connectivity index (χ4v) is 2.69. The molecule has 6 heteroatoms. The molecule has 0 aromatic rings. The molecule has 0 spiro atoms. The molecule has 1 saturated heterocycles. The third-order valence-corrected chi connectivity index (χ3v) is 3.84. The zero-order valence-corrected chi connectivity index (χ0v) is 11.4. The fourth-order valence-electron chi connectivity index (χ4n) is 2.69. The van der Waals surface area contributed by atoms with Crippen LogP contribution in [0.25, 0.3) is 0 Å². The second-order valence-electron chi connectivity index (χ2n) is 5.32. The summed E-state index contributed by atoms with van der Waals surface area (Å²) >= 11 is 0. The van der Waals surface area contributed by atoms with E-state index in [0.29, 0.717) is 26.2 Å². The van der Waals surface area contributed by atoms with Crippen molar-refractivity contribution in [1.29, 1.82) is 0 Å². The molecule has 1 saturated carbocycles. The van der Waals surface area contributed by atoms with Gasteiger partial charge in [-0.05, 0) is 25.2 Å². The van der Waals surface area contributed by atoms with Gasteiger partial charge in [0.1, 0.15) is 6.04 Å². The first-order chi connectivity index (χ1) is 9.13. The van der Waals surface area contributed by atoms with Crippen LogP contribution in [0, 0.1) is 5.92 Å². The summed E-state index contributed by atoms with van der Waals surface area (Å²) in [6.45, 7) is 2.70. The number of carbonyl (C=O) groups excluding carboxylic acids is 1. The predicted octanol–water partition coefficient (Wildman–Crippen LogP) is 0.0303. The highest BCUT2D eigenvalue weighted by Crippen LogP contribution is 2.35. The van der Waals surface area contributed by atoms with E-state index in [1.54, 1.807) is 12.0 Å². The summed E-state index contributed by atoms with van der Waals surface area (Å²) in [5.74, 6) is -0.544. The van der Waals surface area contributed by atoms with Crippen LogP contribution in [0.15, 0.2) is 0 Å². The lowest BCUT2D eigenvalue weighted by Gasteiger charge is -2.26. The Morgan fingerprint density at radius 2 is 2.21 bits per heavy atom. The minimum atomic E-state index is -0.791. The van der Waals surface area contributed by atoms with Crippen molar-refractivity contribution in [2.75, 3.05) is 39.9 Å². The van der Waals surface area contributed by atoms with Gasteiger partial charge in [0.2, 0.25) is 5.91 Å². The van der Waals surface area contributed by atoms with E-state index in [0.717, 1.165) is 19.3 Å². The largest absolute Gasteiger partial charge is 0.480 e. The summed E-state index contributed by atoms with van der Waals surface area (Å²) in [6.07, 6.45) is 2.76. The molecule has 108 valence electrons. The highest BCUT2D eigenvalue weighted by atomic mass is 16.5. The van der Waals surface area contributed by atoms with E-state index in [-0.39, 0.29) is 18.4 Å². The van der Waals surface area contributed by atoms with E-state index >= 15 is 0 Å². The Hall–Kier alpha value is -1.14. The fraction of sp³-hybridized carbons (Fsp3) is 0.846. The Balaban J connectivity index is 1.96. The Morgan fingerprint density at radius 1 is 1.47 bits per heavy atom. The molecule has 1 heterocycles. The molecule has 1 aliphatic carbocycles. The molecule has 2 aliphatic rings. The number of carboxylic acid groups (broad SMARTS) is 1. The molecule has 19 heavy (non-hydrogen) atoms. The molecular weight excluding hydrogens is 248 g/mol. The molecule has 0 bridgehead atoms. The van der Waals surface area contributed by atoms with E-state index in [1.807, 2.05) is 4.90 Å². The van der Waals surface area contributed by atoms with Crippen LogP contribution in [-0.2, 0) is 14.3 Å². The molecule has 6 nitrogen and oxygen atoms in total. The Kier molecular flexibility index (Phi) is 4.76. The molecular formula is C13H22N2O4. The number of methoxy groups -OCH3 is 1. The second kappa shape index (κ2) is 6.34. The maximum Gasteiger partial charge on any atom is 0.321 e. The molecule has 1 N–H and O–H groups in total. The van der Waals surface area contributed by atoms with Gasteiger partial charge in [-0.3, -0.25) is 14.5 Å². The zero-order valence-electron chi connectivity index (χ0n) is 11.4. The van der Waals surface area contributed by atoms with Gasteiger partial charge < -0.3 is 14.7 Å². The summed E-state index contributed by atoms with van der Waals surface area (Å²) in [6, 6.07) is -0.480. The molecule has 0 aromatic carbocycles. The summed E-state index contributed by atoms with van der Waals surface area (Å²) in [7, 11) is 1.61. The molecule has 2 fully saturated rings. The smallest absolute Gasteiger partial charge is 0.321 e. The minimum Gasteiger partial charge on any atom is -0.480 e. The average molecular weight is 270 g/mol. The summed E-state index contributed by atoms with van der Waals surface area (Å²) in [5, 5.41) is 9.33. The van der Waals surface area contributed by atoms with Gasteiger partial charge in [0.05, 0.1) is 13.2 Å². The van der Waals surface area contributed by atoms with Crippen LogP contribution in [0.4, 0.5) is 0 Å². The monoisotopic (exact) mass is 270 g/mol. The highest BCUT2D eigenvalue weighted by Gasteiger charge is 2.41. The van der Waals surface area contributed by atoms with Crippen LogP contribution in [0.5, 0.6) is 0 Å². The number of hydrogen-bond acceptors (Lipinski definition) is 4. The lowest BCUT2D eigenvalue weighted by atomic mass is 10.1. The van der Waals surface area contributed by atoms with E-state index in [4.69, 9.17) is 4.74 Å². The normalized spacial score (nSPS) is 23.2. The van der Waals surface area contributed by atoms with Gasteiger partial charge in [0.15, 0.2) is 0 Å². The van der Waals surface area contributed by atoms with Crippen molar-refractivity contribution < 1.29 is 19.4 Å². The first kappa shape index (κ1) is 14.3. The van der Waals surface area contributed by atoms with Gasteiger partial charge in [-0.15, -0.1) is 0 Å². The SMILES string of the molecule is COCCN1CCCN(C(C(=O)O)C2CC2)CC1=O. The van der Waals surface area contributed by atoms with Crippen molar-refractivity contribution in [2.45, 2.75) is 25.3 Å². The lowest BCUT2D eigenvalue weighted by molar-refractivity contribution is -0.145. The standard InChI is InChI=1S/C13H22N2O4/c1-19-8-7-14-5-2-6-15(9-11(14)16)12(13(17)18)10-3-4-10/h10,12H,2-9H2,1H3,(H,17,18). The van der Waals surface area contributed by atoms with E-state index in [2.05, 4.69) is 0 Å². The number of rotatable bonds is 6. The summed E-state index contributed by atoms with van der Waals surface area (Å²) < 4.78 is 4.99. The third-order valence-electron chi connectivity index (χ3n) is 3.84. The van der Waals surface area contributed by atoms with Crippen LogP contribution in [0.3, 0.4) is 0 Å². The van der Waals surface area contributed by atoms with E-state index in [1.165, 1.54) is 0 Å². The first-order valence-corrected chi connectivity index (χ1v) is 6.87. The van der Waals surface area contributed by atoms with E-state index in [9.17, 15) is 14.7 Å². The van der Waals surface area contributed by atoms with Crippen LogP contribution in [-0.4, -0.2) is 72.7 Å². The van der Waals surface area contributed by atoms with Gasteiger partial charge in [-0.2, -0.15) is 0 Å². The van der Waals surface area contributed by atoms with Crippen molar-refractivity contribution >= 4 is 11.9 Å². The highest BCUT2D eigenvalue weighted by molar-refractivity contribution is 5.80. The molecule has 1 atom stereocenters. The number of amides is 1. The molecule has 1 aliphatic heterocycles. The minimum absolute atomic E-state index is 0.0152. The van der Waals surface area contributed by atoms with Gasteiger partial charge in [-0.1, -0.05) is 0 Å². The Morgan fingerprint density at radius 3 is 2.79 bits per heavy atom. The van der Waals surface area contributed by atoms with Gasteiger partial charge in [-0.25, -0.2) is 0 Å². The van der Waals surface area contributed by atoms with Crippen LogP contribution in [0.1, 0.15) is 19.3 Å². The van der Waals surface area contributed by atoms with Crippen molar-refractivity contribution in [3.63, 3.8) is 0 Å². The molecule has 1 unspecified atom stereocenters. The molecule has 1 amide bonds. The maximum atomic E-state index is 12.1. The first-order valence-electron chi connectivity index (χ1n) is 6.87. The predicted molar refractivity (Wildman–Crippen MR) is 68.8 cm³/mol. The van der Waals surface area contributed by atoms with Gasteiger partial charge in [0.25, 0.3) is 0 Å². The van der Waals surface area contributed by atoms with Crippen molar-refractivity contribution in [1.82, 2.24) is 9.80 Å². The average Bonchev–Trinajstić information content (AvgIpc) is 3.17. The van der Waals surface area contributed by atoms with Crippen LogP contribution in [0.2, 0.25) is 0 Å². The molecule has 2 rings (SSSR count). The summed E-state index contributed by atoms with van der Waals surface area (Å²) in [5.41, 5.74) is 0. The number of carboxylic acids is 1. The number of ether oxygens (including phenoxy) is 1. The lowest BCUT2D eigenvalue weighted by Crippen LogP contribution is -2.46. The van der Waals surface area contributed by atoms with Crippen molar-refractivity contribution in [2.24, 2.45) is 5.92 Å². The quantitative estimate of drug-likeness (QED) is 0.737. The van der Waals surface area contributed by atoms with Crippen molar-refractivity contribution in [3.8, 4) is 0 Å². The van der Waals surface area contributed by atoms with Gasteiger partial charge >= 0.3 is 5.97 Å². The molecule has 0 radical (unpaired) electrons. The summed E-state index contributed by atoms with van der Waals surface area (Å²) in [4.78, 5) is 27.1. The number of aliphatic carboxylic acids is 1. The Labute approximate surface area is 113 Å². The topological polar surface area (TPSA) is 70.1 Å². The van der Waals surface area contributed by atoms with E-state index < -0.39 is 12.0 Å². The zero-order chi connectivity index (χ0) is 13.8. The van der Waals surface area contributed by atoms with Gasteiger partial charge in [0, 0.05) is 26.7 Å². The number of hydrogen-bond donors (Lipinski definition) is 1. The van der Waals surface area contributed by atoms with Crippen LogP contribution < -0.4 is 0 Å². The third kappa shape index (κ3) is 3.67. The Bertz CT molecular complexity index is 344.